The van der Waals surface area contributed by atoms with Gasteiger partial charge in [0.15, 0.2) is 0 Å². The summed E-state index contributed by atoms with van der Waals surface area (Å²) >= 11 is 0. The molecule has 0 spiro atoms. The summed E-state index contributed by atoms with van der Waals surface area (Å²) in [6.07, 6.45) is 5.38. The molecule has 0 bridgehead atoms. The van der Waals surface area contributed by atoms with E-state index in [9.17, 15) is 19.3 Å². The number of pyridine rings is 1. The molecule has 1 saturated carbocycles. The average molecular weight is 428 g/mol. The molecule has 1 amide bonds. The third kappa shape index (κ3) is 4.17. The van der Waals surface area contributed by atoms with Crippen molar-refractivity contribution in [3.8, 4) is 0 Å². The van der Waals surface area contributed by atoms with Crippen LogP contribution in [0.5, 0.6) is 0 Å². The number of aromatic nitrogens is 1. The Morgan fingerprint density at radius 3 is 2.52 bits per heavy atom. The van der Waals surface area contributed by atoms with Crippen molar-refractivity contribution in [1.82, 2.24) is 9.88 Å². The van der Waals surface area contributed by atoms with Crippen molar-refractivity contribution in [2.45, 2.75) is 63.3 Å². The lowest BCUT2D eigenvalue weighted by Crippen LogP contribution is -2.44. The first-order valence-corrected chi connectivity index (χ1v) is 10.4. The highest BCUT2D eigenvalue weighted by molar-refractivity contribution is 5.72. The summed E-state index contributed by atoms with van der Waals surface area (Å²) in [4.78, 5) is 29.2. The predicted molar refractivity (Wildman–Crippen MR) is 112 cm³/mol. The fourth-order valence-corrected chi connectivity index (χ4v) is 4.71. The van der Waals surface area contributed by atoms with Gasteiger partial charge in [-0.25, -0.2) is 9.18 Å². The zero-order valence-corrected chi connectivity index (χ0v) is 17.5. The molecule has 2 heterocycles. The molecule has 1 aliphatic carbocycles. The van der Waals surface area contributed by atoms with Gasteiger partial charge in [-0.1, -0.05) is 12.1 Å². The molecule has 1 aromatic heterocycles. The molecule has 1 aromatic carbocycles. The van der Waals surface area contributed by atoms with E-state index < -0.39 is 10.5 Å². The number of halogens is 1. The number of nitrogens with one attached hydrogen (secondary N) is 1. The fourth-order valence-electron chi connectivity index (χ4n) is 4.71. The van der Waals surface area contributed by atoms with Crippen LogP contribution in [0.1, 0.15) is 51.1 Å². The number of nitrogens with zero attached hydrogens (tertiary/aromatic N) is 3. The van der Waals surface area contributed by atoms with Crippen molar-refractivity contribution < 1.29 is 18.8 Å². The molecule has 1 atom stereocenters. The Kier molecular flexibility index (Phi) is 5.51. The Morgan fingerprint density at radius 2 is 1.87 bits per heavy atom. The number of anilines is 1. The molecular weight excluding hydrogens is 403 g/mol. The first kappa shape index (κ1) is 21.0. The molecule has 4 rings (SSSR count). The number of amides is 1. The Morgan fingerprint density at radius 1 is 1.19 bits per heavy atom. The van der Waals surface area contributed by atoms with E-state index in [4.69, 9.17) is 4.74 Å². The van der Waals surface area contributed by atoms with Crippen LogP contribution in [-0.4, -0.2) is 38.6 Å². The Labute approximate surface area is 179 Å². The monoisotopic (exact) mass is 428 g/mol. The van der Waals surface area contributed by atoms with Gasteiger partial charge < -0.3 is 10.1 Å². The molecular formula is C22H25FN4O4. The van der Waals surface area contributed by atoms with Gasteiger partial charge in [0, 0.05) is 18.3 Å². The molecule has 0 unspecified atom stereocenters. The summed E-state index contributed by atoms with van der Waals surface area (Å²) in [7, 11) is 0. The van der Waals surface area contributed by atoms with Gasteiger partial charge in [-0.3, -0.25) is 20.0 Å². The number of hydrogen-bond acceptors (Lipinski definition) is 6. The lowest BCUT2D eigenvalue weighted by Gasteiger charge is -2.38. The van der Waals surface area contributed by atoms with Crippen LogP contribution >= 0.6 is 0 Å². The zero-order valence-electron chi connectivity index (χ0n) is 17.5. The van der Waals surface area contributed by atoms with E-state index in [1.54, 1.807) is 23.1 Å². The number of hydrogen-bond donors (Lipinski definition) is 1. The first-order chi connectivity index (χ1) is 14.8. The standard InChI is InChI=1S/C22H25FN4O4/c1-22(2)20(14-3-5-15(23)6-4-14)26(21(28)31-22)17-9-7-16(8-10-17)25-18-11-12-24-13-19(18)27(29)30/h3-6,11-13,16-17,20H,7-10H2,1-2H3,(H,24,25)/t16?,17?,20-/m0/s1. The Bertz CT molecular complexity index is 974. The highest BCUT2D eigenvalue weighted by Gasteiger charge is 2.51. The zero-order chi connectivity index (χ0) is 22.2. The first-order valence-electron chi connectivity index (χ1n) is 10.4. The normalized spacial score (nSPS) is 25.2. The molecule has 1 aliphatic heterocycles. The topological polar surface area (TPSA) is 97.6 Å². The van der Waals surface area contributed by atoms with Crippen molar-refractivity contribution in [1.29, 1.82) is 0 Å². The van der Waals surface area contributed by atoms with E-state index in [-0.39, 0.29) is 35.7 Å². The minimum atomic E-state index is -0.734. The Hall–Kier alpha value is -3.23. The van der Waals surface area contributed by atoms with Crippen molar-refractivity contribution in [3.63, 3.8) is 0 Å². The maximum absolute atomic E-state index is 13.4. The second-order valence-electron chi connectivity index (χ2n) is 8.63. The van der Waals surface area contributed by atoms with Crippen molar-refractivity contribution in [3.05, 3.63) is 64.2 Å². The maximum atomic E-state index is 13.4. The Balaban J connectivity index is 1.48. The van der Waals surface area contributed by atoms with Gasteiger partial charge in [0.1, 0.15) is 23.3 Å². The maximum Gasteiger partial charge on any atom is 0.411 e. The molecule has 9 heteroatoms. The van der Waals surface area contributed by atoms with Gasteiger partial charge in [0.2, 0.25) is 0 Å². The summed E-state index contributed by atoms with van der Waals surface area (Å²) in [6, 6.07) is 7.54. The van der Waals surface area contributed by atoms with Gasteiger partial charge in [-0.15, -0.1) is 0 Å². The number of nitro groups is 1. The molecule has 164 valence electrons. The largest absolute Gasteiger partial charge is 0.441 e. The summed E-state index contributed by atoms with van der Waals surface area (Å²) in [5, 5.41) is 14.5. The fraction of sp³-hybridized carbons (Fsp3) is 0.455. The van der Waals surface area contributed by atoms with Crippen LogP contribution in [0.3, 0.4) is 0 Å². The van der Waals surface area contributed by atoms with Crippen LogP contribution in [0.15, 0.2) is 42.7 Å². The van der Waals surface area contributed by atoms with E-state index in [1.807, 2.05) is 13.8 Å². The van der Waals surface area contributed by atoms with E-state index >= 15 is 0 Å². The van der Waals surface area contributed by atoms with Crippen LogP contribution < -0.4 is 5.32 Å². The van der Waals surface area contributed by atoms with E-state index in [0.29, 0.717) is 5.69 Å². The van der Waals surface area contributed by atoms with E-state index in [1.165, 1.54) is 24.5 Å². The van der Waals surface area contributed by atoms with Crippen LogP contribution in [0.25, 0.3) is 0 Å². The second kappa shape index (κ2) is 8.13. The van der Waals surface area contributed by atoms with Crippen molar-refractivity contribution in [2.75, 3.05) is 5.32 Å². The predicted octanol–water partition coefficient (Wildman–Crippen LogP) is 4.82. The number of ether oxygens (including phenoxy) is 1. The minimum absolute atomic E-state index is 0.0187. The number of carbonyl (C=O) groups is 1. The van der Waals surface area contributed by atoms with Crippen LogP contribution in [0, 0.1) is 15.9 Å². The molecule has 1 N–H and O–H groups in total. The number of cyclic esters (lactones) is 1. The van der Waals surface area contributed by atoms with Crippen molar-refractivity contribution in [2.24, 2.45) is 0 Å². The van der Waals surface area contributed by atoms with Gasteiger partial charge in [-0.05, 0) is 63.3 Å². The van der Waals surface area contributed by atoms with E-state index in [2.05, 4.69) is 10.3 Å². The van der Waals surface area contributed by atoms with Gasteiger partial charge in [0.05, 0.1) is 11.0 Å². The molecule has 1 saturated heterocycles. The molecule has 0 radical (unpaired) electrons. The molecule has 2 aromatic rings. The van der Waals surface area contributed by atoms with Gasteiger partial charge in [-0.2, -0.15) is 0 Å². The third-order valence-electron chi connectivity index (χ3n) is 6.13. The minimum Gasteiger partial charge on any atom is -0.441 e. The quantitative estimate of drug-likeness (QED) is 0.541. The lowest BCUT2D eigenvalue weighted by atomic mass is 9.86. The summed E-state index contributed by atoms with van der Waals surface area (Å²) in [5.74, 6) is -0.324. The van der Waals surface area contributed by atoms with Crippen molar-refractivity contribution >= 4 is 17.5 Å². The molecule has 2 aliphatic rings. The number of rotatable bonds is 5. The summed E-state index contributed by atoms with van der Waals surface area (Å²) in [6.45, 7) is 3.74. The van der Waals surface area contributed by atoms with Crippen LogP contribution in [0.2, 0.25) is 0 Å². The lowest BCUT2D eigenvalue weighted by molar-refractivity contribution is -0.384. The average Bonchev–Trinajstić information content (AvgIpc) is 2.98. The highest BCUT2D eigenvalue weighted by Crippen LogP contribution is 2.44. The number of carbonyl (C=O) groups excluding carboxylic acids is 1. The number of benzene rings is 1. The SMILES string of the molecule is CC1(C)OC(=O)N(C2CCC(Nc3ccncc3[N+](=O)[O-])CC2)[C@H]1c1ccc(F)cc1. The second-order valence-corrected chi connectivity index (χ2v) is 8.63. The molecule has 31 heavy (non-hydrogen) atoms. The highest BCUT2D eigenvalue weighted by atomic mass is 19.1. The molecule has 2 fully saturated rings. The van der Waals surface area contributed by atoms with Crippen LogP contribution in [-0.2, 0) is 4.74 Å². The van der Waals surface area contributed by atoms with Gasteiger partial charge in [0.25, 0.3) is 0 Å². The van der Waals surface area contributed by atoms with Gasteiger partial charge >= 0.3 is 11.8 Å². The van der Waals surface area contributed by atoms with E-state index in [0.717, 1.165) is 31.2 Å². The smallest absolute Gasteiger partial charge is 0.411 e. The summed E-state index contributed by atoms with van der Waals surface area (Å²) < 4.78 is 19.1. The molecule has 8 nitrogen and oxygen atoms in total. The summed E-state index contributed by atoms with van der Waals surface area (Å²) in [5.41, 5.74) is 0.506. The van der Waals surface area contributed by atoms with Crippen LogP contribution in [0.4, 0.5) is 20.6 Å². The third-order valence-corrected chi connectivity index (χ3v) is 6.13.